The molecule has 4 N–H and O–H groups in total. The van der Waals surface area contributed by atoms with E-state index in [0.717, 1.165) is 67.1 Å². The van der Waals surface area contributed by atoms with Crippen LogP contribution in [-0.4, -0.2) is 19.9 Å². The molecule has 5 heteroatoms. The first kappa shape index (κ1) is 21.1. The zero-order chi connectivity index (χ0) is 24.8. The van der Waals surface area contributed by atoms with Gasteiger partial charge in [-0.3, -0.25) is 0 Å². The van der Waals surface area contributed by atoms with Crippen molar-refractivity contribution in [1.82, 2.24) is 19.9 Å². The molecule has 2 aromatic carbocycles. The van der Waals surface area contributed by atoms with E-state index in [9.17, 15) is 0 Å². The molecule has 176 valence electrons. The van der Waals surface area contributed by atoms with E-state index in [-0.39, 0.29) is 0 Å². The molecule has 3 aromatic heterocycles. The Morgan fingerprint density at radius 3 is 1.81 bits per heavy atom. The number of benzene rings is 2. The van der Waals surface area contributed by atoms with Gasteiger partial charge in [-0.05, 0) is 72.3 Å². The predicted molar refractivity (Wildman–Crippen MR) is 154 cm³/mol. The SMILES string of the molecule is Nc1ccccc1-c1c2nc(c(-c3ccccc3)c3ccc(cc4nc(cc5ccc1[nH]5)C=C4)[nH]3)C=C2. The van der Waals surface area contributed by atoms with Crippen LogP contribution in [0.15, 0.2) is 91.0 Å². The maximum atomic E-state index is 6.48. The van der Waals surface area contributed by atoms with Crippen molar-refractivity contribution in [3.05, 3.63) is 114 Å². The van der Waals surface area contributed by atoms with Gasteiger partial charge in [-0.15, -0.1) is 0 Å². The van der Waals surface area contributed by atoms with E-state index in [2.05, 4.69) is 76.7 Å². The quantitative estimate of drug-likeness (QED) is 0.225. The lowest BCUT2D eigenvalue weighted by Gasteiger charge is -2.07. The second kappa shape index (κ2) is 8.50. The largest absolute Gasteiger partial charge is 0.398 e. The zero-order valence-corrected chi connectivity index (χ0v) is 19.9. The molecule has 7 rings (SSSR count). The fourth-order valence-corrected chi connectivity index (χ4v) is 4.99. The molecule has 0 amide bonds. The number of fused-ring (bicyclic) bond motifs is 8. The first-order chi connectivity index (χ1) is 18.2. The van der Waals surface area contributed by atoms with Crippen molar-refractivity contribution < 1.29 is 0 Å². The zero-order valence-electron chi connectivity index (χ0n) is 19.9. The van der Waals surface area contributed by atoms with Crippen molar-refractivity contribution in [2.45, 2.75) is 0 Å². The average molecular weight is 478 g/mol. The van der Waals surface area contributed by atoms with Crippen molar-refractivity contribution >= 4 is 52.1 Å². The van der Waals surface area contributed by atoms with Crippen molar-refractivity contribution in [1.29, 1.82) is 0 Å². The van der Waals surface area contributed by atoms with Crippen LogP contribution in [0.2, 0.25) is 0 Å². The molecule has 0 atom stereocenters. The summed E-state index contributed by atoms with van der Waals surface area (Å²) in [5, 5.41) is 0. The summed E-state index contributed by atoms with van der Waals surface area (Å²) in [4.78, 5) is 17.1. The number of H-pyrrole nitrogens is 2. The summed E-state index contributed by atoms with van der Waals surface area (Å²) in [5.74, 6) is 0. The number of aromatic nitrogens is 4. The van der Waals surface area contributed by atoms with E-state index in [1.165, 1.54) is 0 Å². The number of nitrogens with one attached hydrogen (secondary N) is 2. The van der Waals surface area contributed by atoms with Crippen molar-refractivity contribution in [2.75, 3.05) is 5.73 Å². The lowest BCUT2D eigenvalue weighted by molar-refractivity contribution is 1.31. The molecular weight excluding hydrogens is 454 g/mol. The number of para-hydroxylation sites is 1. The number of nitrogen functional groups attached to an aromatic ring is 1. The molecule has 0 fully saturated rings. The monoisotopic (exact) mass is 477 g/mol. The van der Waals surface area contributed by atoms with Crippen LogP contribution in [0.4, 0.5) is 5.69 Å². The molecule has 2 aliphatic rings. The van der Waals surface area contributed by atoms with Gasteiger partial charge in [-0.1, -0.05) is 48.5 Å². The van der Waals surface area contributed by atoms with Crippen LogP contribution in [0.25, 0.3) is 68.6 Å². The fraction of sp³-hybridized carbons (Fsp3) is 0. The molecule has 0 saturated carbocycles. The Morgan fingerprint density at radius 2 is 1.14 bits per heavy atom. The van der Waals surface area contributed by atoms with Crippen molar-refractivity contribution in [2.24, 2.45) is 0 Å². The smallest absolute Gasteiger partial charge is 0.0738 e. The predicted octanol–water partition coefficient (Wildman–Crippen LogP) is 7.57. The fourth-order valence-electron chi connectivity index (χ4n) is 4.99. The second-order valence-electron chi connectivity index (χ2n) is 9.16. The first-order valence-corrected chi connectivity index (χ1v) is 12.2. The van der Waals surface area contributed by atoms with Gasteiger partial charge in [0.2, 0.25) is 0 Å². The van der Waals surface area contributed by atoms with Crippen LogP contribution in [0.1, 0.15) is 22.8 Å². The molecule has 5 aromatic rings. The van der Waals surface area contributed by atoms with Crippen LogP contribution in [0.5, 0.6) is 0 Å². The number of hydrogen-bond acceptors (Lipinski definition) is 3. The molecule has 0 unspecified atom stereocenters. The molecule has 5 heterocycles. The third kappa shape index (κ3) is 3.83. The summed E-state index contributed by atoms with van der Waals surface area (Å²) in [7, 11) is 0. The van der Waals surface area contributed by atoms with Gasteiger partial charge in [0.15, 0.2) is 0 Å². The summed E-state index contributed by atoms with van der Waals surface area (Å²) in [6.07, 6.45) is 8.21. The maximum absolute atomic E-state index is 6.48. The summed E-state index contributed by atoms with van der Waals surface area (Å²) in [6, 6.07) is 30.7. The van der Waals surface area contributed by atoms with Gasteiger partial charge in [0, 0.05) is 44.4 Å². The third-order valence-corrected chi connectivity index (χ3v) is 6.69. The maximum Gasteiger partial charge on any atom is 0.0738 e. The van der Waals surface area contributed by atoms with E-state index in [1.54, 1.807) is 0 Å². The lowest BCUT2D eigenvalue weighted by atomic mass is 10.0. The van der Waals surface area contributed by atoms with Gasteiger partial charge in [-0.2, -0.15) is 0 Å². The van der Waals surface area contributed by atoms with E-state index >= 15 is 0 Å². The van der Waals surface area contributed by atoms with Gasteiger partial charge in [0.1, 0.15) is 0 Å². The van der Waals surface area contributed by atoms with Crippen LogP contribution in [-0.2, 0) is 0 Å². The molecular formula is C32H23N5. The van der Waals surface area contributed by atoms with Crippen LogP contribution < -0.4 is 5.73 Å². The molecule has 5 nitrogen and oxygen atoms in total. The Hall–Kier alpha value is -5.16. The highest BCUT2D eigenvalue weighted by Gasteiger charge is 2.16. The summed E-state index contributed by atoms with van der Waals surface area (Å²) in [5.41, 5.74) is 18.6. The molecule has 0 aliphatic carbocycles. The molecule has 0 spiro atoms. The third-order valence-electron chi connectivity index (χ3n) is 6.69. The lowest BCUT2D eigenvalue weighted by Crippen LogP contribution is -1.92. The van der Waals surface area contributed by atoms with Gasteiger partial charge < -0.3 is 15.7 Å². The Kier molecular flexibility index (Phi) is 4.86. The highest BCUT2D eigenvalue weighted by molar-refractivity contribution is 5.97. The Bertz CT molecular complexity index is 1890. The second-order valence-corrected chi connectivity index (χ2v) is 9.16. The van der Waals surface area contributed by atoms with Gasteiger partial charge in [0.05, 0.1) is 22.8 Å². The highest BCUT2D eigenvalue weighted by atomic mass is 14.8. The Morgan fingerprint density at radius 1 is 0.541 bits per heavy atom. The van der Waals surface area contributed by atoms with Gasteiger partial charge in [-0.25, -0.2) is 9.97 Å². The van der Waals surface area contributed by atoms with E-state index < -0.39 is 0 Å². The minimum absolute atomic E-state index is 0.704. The van der Waals surface area contributed by atoms with Crippen molar-refractivity contribution in [3.63, 3.8) is 0 Å². The molecule has 2 aliphatic heterocycles. The van der Waals surface area contributed by atoms with Crippen LogP contribution >= 0.6 is 0 Å². The normalized spacial score (nSPS) is 12.2. The Balaban J connectivity index is 1.65. The van der Waals surface area contributed by atoms with Gasteiger partial charge >= 0.3 is 0 Å². The van der Waals surface area contributed by atoms with E-state index in [1.807, 2.05) is 48.6 Å². The summed E-state index contributed by atoms with van der Waals surface area (Å²) in [6.45, 7) is 0. The average Bonchev–Trinajstić information content (AvgIpc) is 3.72. The highest BCUT2D eigenvalue weighted by Crippen LogP contribution is 2.36. The molecule has 0 saturated heterocycles. The minimum atomic E-state index is 0.704. The van der Waals surface area contributed by atoms with Crippen LogP contribution in [0.3, 0.4) is 0 Å². The summed E-state index contributed by atoms with van der Waals surface area (Å²) >= 11 is 0. The molecule has 8 bridgehead atoms. The number of aromatic amines is 2. The van der Waals surface area contributed by atoms with Crippen LogP contribution in [0, 0.1) is 0 Å². The van der Waals surface area contributed by atoms with Gasteiger partial charge in [0.25, 0.3) is 0 Å². The Labute approximate surface area is 213 Å². The number of nitrogens with zero attached hydrogens (tertiary/aromatic N) is 2. The topological polar surface area (TPSA) is 83.4 Å². The first-order valence-electron chi connectivity index (χ1n) is 12.2. The number of anilines is 1. The molecule has 37 heavy (non-hydrogen) atoms. The number of nitrogens with two attached hydrogens (primary N) is 1. The number of hydrogen-bond donors (Lipinski definition) is 3. The van der Waals surface area contributed by atoms with Crippen molar-refractivity contribution in [3.8, 4) is 22.3 Å². The number of rotatable bonds is 2. The van der Waals surface area contributed by atoms with E-state index in [4.69, 9.17) is 15.7 Å². The minimum Gasteiger partial charge on any atom is -0.398 e. The standard InChI is InChI=1S/C32H23N5/c33-26-9-5-4-8-25(26)32-29-15-13-24(36-29)19-22-11-10-21(34-22)18-23-12-14-27(35-23)31(20-6-2-1-3-7-20)28-16-17-30(32)37-28/h1-19,35-36H,33H2. The van der Waals surface area contributed by atoms with E-state index in [0.29, 0.717) is 5.69 Å². The summed E-state index contributed by atoms with van der Waals surface area (Å²) < 4.78 is 0. The molecule has 0 radical (unpaired) electrons.